The number of aryl methyl sites for hydroxylation is 1. The molecule has 1 aromatic rings. The van der Waals surface area contributed by atoms with E-state index in [1.165, 1.54) is 11.3 Å². The van der Waals surface area contributed by atoms with Crippen LogP contribution in [-0.2, 0) is 0 Å². The molecule has 0 amide bonds. The molecule has 0 saturated heterocycles. The van der Waals surface area contributed by atoms with Gasteiger partial charge in [-0.2, -0.15) is 0 Å². The second-order valence-electron chi connectivity index (χ2n) is 1.80. The van der Waals surface area contributed by atoms with Crippen molar-refractivity contribution in [1.82, 2.24) is 0 Å². The van der Waals surface area contributed by atoms with E-state index in [1.807, 2.05) is 6.92 Å². The Morgan fingerprint density at radius 3 is 2.60 bits per heavy atom. The zero-order valence-electron chi connectivity index (χ0n) is 5.18. The van der Waals surface area contributed by atoms with E-state index in [9.17, 15) is 9.90 Å². The van der Waals surface area contributed by atoms with Crippen LogP contribution in [-0.4, -0.2) is 5.97 Å². The van der Waals surface area contributed by atoms with Crippen molar-refractivity contribution in [3.8, 4) is 0 Å². The Kier molecular flexibility index (Phi) is 2.11. The van der Waals surface area contributed by atoms with Crippen molar-refractivity contribution in [2.45, 2.75) is 6.92 Å². The van der Waals surface area contributed by atoms with Gasteiger partial charge in [-0.05, 0) is 28.9 Å². The van der Waals surface area contributed by atoms with Gasteiger partial charge in [-0.3, -0.25) is 0 Å². The van der Waals surface area contributed by atoms with Gasteiger partial charge in [0.2, 0.25) is 0 Å². The van der Waals surface area contributed by atoms with E-state index >= 15 is 0 Å². The van der Waals surface area contributed by atoms with E-state index in [0.717, 1.165) is 9.35 Å². The molecule has 1 rings (SSSR count). The molecule has 0 unspecified atom stereocenters. The summed E-state index contributed by atoms with van der Waals surface area (Å²) in [6, 6.07) is 1.55. The summed E-state index contributed by atoms with van der Waals surface area (Å²) in [5.41, 5.74) is 0. The van der Waals surface area contributed by atoms with E-state index in [2.05, 4.69) is 15.9 Å². The Hall–Kier alpha value is -0.350. The molecule has 0 spiro atoms. The van der Waals surface area contributed by atoms with E-state index < -0.39 is 5.97 Å². The molecule has 0 saturated carbocycles. The van der Waals surface area contributed by atoms with Gasteiger partial charge in [0.15, 0.2) is 0 Å². The van der Waals surface area contributed by atoms with Gasteiger partial charge in [-0.15, -0.1) is 11.3 Å². The first-order valence-electron chi connectivity index (χ1n) is 2.58. The molecular formula is C6H4BrO2S-. The number of rotatable bonds is 1. The minimum absolute atomic E-state index is 0.268. The van der Waals surface area contributed by atoms with Gasteiger partial charge in [0.1, 0.15) is 0 Å². The molecule has 0 atom stereocenters. The summed E-state index contributed by atoms with van der Waals surface area (Å²) in [4.78, 5) is 11.5. The van der Waals surface area contributed by atoms with Gasteiger partial charge in [-0.25, -0.2) is 0 Å². The van der Waals surface area contributed by atoms with Gasteiger partial charge >= 0.3 is 0 Å². The van der Waals surface area contributed by atoms with Crippen molar-refractivity contribution >= 4 is 33.2 Å². The molecule has 1 heterocycles. The highest BCUT2D eigenvalue weighted by Crippen LogP contribution is 2.25. The average Bonchev–Trinajstić information content (AvgIpc) is 2.13. The van der Waals surface area contributed by atoms with Gasteiger partial charge in [-0.1, -0.05) is 0 Å². The maximum Gasteiger partial charge on any atom is 0.0815 e. The van der Waals surface area contributed by atoms with Crippen LogP contribution in [0.5, 0.6) is 0 Å². The third-order valence-corrected chi connectivity index (χ3v) is 3.18. The maximum absolute atomic E-state index is 10.2. The number of carboxylic acids is 1. The molecular weight excluding hydrogens is 216 g/mol. The van der Waals surface area contributed by atoms with Crippen LogP contribution in [0.25, 0.3) is 0 Å². The fraction of sp³-hybridized carbons (Fsp3) is 0.167. The minimum Gasteiger partial charge on any atom is -0.544 e. The lowest BCUT2D eigenvalue weighted by Gasteiger charge is -1.92. The molecule has 2 nitrogen and oxygen atoms in total. The predicted molar refractivity (Wildman–Crippen MR) is 41.1 cm³/mol. The van der Waals surface area contributed by atoms with Crippen LogP contribution in [0.15, 0.2) is 10.5 Å². The summed E-state index contributed by atoms with van der Waals surface area (Å²) in [5, 5.41) is 10.2. The molecule has 0 fully saturated rings. The molecule has 0 aromatic carbocycles. The van der Waals surface area contributed by atoms with Gasteiger partial charge in [0.05, 0.1) is 10.8 Å². The number of carboxylic acid groups (broad SMARTS) is 1. The molecule has 54 valence electrons. The lowest BCUT2D eigenvalue weighted by atomic mass is 10.4. The van der Waals surface area contributed by atoms with Crippen LogP contribution in [0.2, 0.25) is 0 Å². The Balaban J connectivity index is 3.10. The zero-order valence-corrected chi connectivity index (χ0v) is 7.58. The summed E-state index contributed by atoms with van der Waals surface area (Å²) < 4.78 is 0.830. The number of carbonyl (C=O) groups excluding carboxylic acids is 1. The SMILES string of the molecule is Cc1sc(C(=O)[O-])cc1Br. The van der Waals surface area contributed by atoms with Crippen LogP contribution in [0.1, 0.15) is 14.5 Å². The first kappa shape index (κ1) is 7.75. The summed E-state index contributed by atoms with van der Waals surface area (Å²) >= 11 is 4.42. The van der Waals surface area contributed by atoms with E-state index in [1.54, 1.807) is 6.07 Å². The second-order valence-corrected chi connectivity index (χ2v) is 3.91. The number of aromatic carboxylic acids is 1. The molecule has 4 heteroatoms. The molecule has 0 radical (unpaired) electrons. The third-order valence-electron chi connectivity index (χ3n) is 1.06. The third kappa shape index (κ3) is 1.38. The van der Waals surface area contributed by atoms with E-state index in [0.29, 0.717) is 0 Å². The molecule has 0 bridgehead atoms. The highest BCUT2D eigenvalue weighted by molar-refractivity contribution is 9.10. The number of halogens is 1. The lowest BCUT2D eigenvalue weighted by molar-refractivity contribution is -0.254. The van der Waals surface area contributed by atoms with E-state index in [-0.39, 0.29) is 4.88 Å². The fourth-order valence-electron chi connectivity index (χ4n) is 0.560. The van der Waals surface area contributed by atoms with E-state index in [4.69, 9.17) is 0 Å². The van der Waals surface area contributed by atoms with Gasteiger partial charge < -0.3 is 9.90 Å². The van der Waals surface area contributed by atoms with Crippen LogP contribution in [0.4, 0.5) is 0 Å². The van der Waals surface area contributed by atoms with Crippen LogP contribution in [0.3, 0.4) is 0 Å². The topological polar surface area (TPSA) is 40.1 Å². The first-order chi connectivity index (χ1) is 4.61. The number of carbonyl (C=O) groups is 1. The average molecular weight is 220 g/mol. The Morgan fingerprint density at radius 1 is 1.80 bits per heavy atom. The summed E-state index contributed by atoms with van der Waals surface area (Å²) in [6.07, 6.45) is 0. The number of thiophene rings is 1. The highest BCUT2D eigenvalue weighted by atomic mass is 79.9. The molecule has 0 aliphatic heterocycles. The normalized spacial score (nSPS) is 9.80. The summed E-state index contributed by atoms with van der Waals surface area (Å²) in [5.74, 6) is -1.11. The monoisotopic (exact) mass is 219 g/mol. The molecule has 10 heavy (non-hydrogen) atoms. The molecule has 0 aliphatic rings. The molecule has 0 aliphatic carbocycles. The van der Waals surface area contributed by atoms with Crippen molar-refractivity contribution in [1.29, 1.82) is 0 Å². The van der Waals surface area contributed by atoms with Crippen molar-refractivity contribution in [3.63, 3.8) is 0 Å². The van der Waals surface area contributed by atoms with Crippen molar-refractivity contribution in [2.24, 2.45) is 0 Å². The fourth-order valence-corrected chi connectivity index (χ4v) is 1.93. The quantitative estimate of drug-likeness (QED) is 0.712. The van der Waals surface area contributed by atoms with Crippen molar-refractivity contribution in [2.75, 3.05) is 0 Å². The Labute approximate surface area is 70.6 Å². The maximum atomic E-state index is 10.2. The first-order valence-corrected chi connectivity index (χ1v) is 4.19. The Morgan fingerprint density at radius 2 is 2.40 bits per heavy atom. The predicted octanol–water partition coefficient (Wildman–Crippen LogP) is 1.18. The Bertz CT molecular complexity index is 247. The molecule has 0 N–H and O–H groups in total. The minimum atomic E-state index is -1.11. The highest BCUT2D eigenvalue weighted by Gasteiger charge is 2.01. The lowest BCUT2D eigenvalue weighted by Crippen LogP contribution is -2.20. The van der Waals surface area contributed by atoms with Gasteiger partial charge in [0.25, 0.3) is 0 Å². The summed E-state index contributed by atoms with van der Waals surface area (Å²) in [7, 11) is 0. The second kappa shape index (κ2) is 2.72. The number of hydrogen-bond donors (Lipinski definition) is 0. The van der Waals surface area contributed by atoms with Gasteiger partial charge in [0, 0.05) is 9.35 Å². The largest absolute Gasteiger partial charge is 0.544 e. The number of hydrogen-bond acceptors (Lipinski definition) is 3. The standard InChI is InChI=1S/C6H5BrO2S/c1-3-4(7)2-5(10-3)6(8)9/h2H,1H3,(H,8,9)/p-1. The van der Waals surface area contributed by atoms with Crippen LogP contribution < -0.4 is 5.11 Å². The van der Waals surface area contributed by atoms with Crippen molar-refractivity contribution in [3.05, 3.63) is 20.3 Å². The van der Waals surface area contributed by atoms with Crippen LogP contribution >= 0.6 is 27.3 Å². The zero-order chi connectivity index (χ0) is 7.72. The smallest absolute Gasteiger partial charge is 0.0815 e. The molecule has 1 aromatic heterocycles. The summed E-state index contributed by atoms with van der Waals surface area (Å²) in [6.45, 7) is 1.85. The van der Waals surface area contributed by atoms with Crippen molar-refractivity contribution < 1.29 is 9.90 Å². The van der Waals surface area contributed by atoms with Crippen LogP contribution in [0, 0.1) is 6.92 Å².